The highest BCUT2D eigenvalue weighted by molar-refractivity contribution is 14.1. The molecule has 1 fully saturated rings. The lowest BCUT2D eigenvalue weighted by molar-refractivity contribution is -0.122. The first-order chi connectivity index (χ1) is 18.8. The van der Waals surface area contributed by atoms with Crippen LogP contribution in [0, 0.1) is 14.9 Å². The van der Waals surface area contributed by atoms with Gasteiger partial charge in [0.05, 0.1) is 38.0 Å². The number of nitriles is 1. The second-order valence-electron chi connectivity index (χ2n) is 8.23. The standard InChI is InChI=1S/C29H24IN3O5S/c1-3-33-27(34)25(39-29(33)32-22-11-9-19(10-12-22)28(35)36)15-18-13-23(30)26(24(14-18)37-4-2)38-17-21-8-6-5-7-20(21)16-31/h5-15H,3-4,17H2,1-2H3,(H,35,36)/b25-15-,32-29?. The Morgan fingerprint density at radius 2 is 1.90 bits per heavy atom. The fourth-order valence-electron chi connectivity index (χ4n) is 3.79. The summed E-state index contributed by atoms with van der Waals surface area (Å²) in [7, 11) is 0. The highest BCUT2D eigenvalue weighted by Crippen LogP contribution is 2.38. The van der Waals surface area contributed by atoms with Crippen LogP contribution >= 0.6 is 34.4 Å². The summed E-state index contributed by atoms with van der Waals surface area (Å²) in [5, 5.41) is 19.0. The molecule has 1 aliphatic heterocycles. The molecular weight excluding hydrogens is 629 g/mol. The van der Waals surface area contributed by atoms with Gasteiger partial charge in [-0.15, -0.1) is 0 Å². The Kier molecular flexibility index (Phi) is 9.27. The minimum atomic E-state index is -1.01. The molecule has 0 aromatic heterocycles. The molecule has 0 radical (unpaired) electrons. The first-order valence-electron chi connectivity index (χ1n) is 12.0. The van der Waals surface area contributed by atoms with Crippen molar-refractivity contribution in [3.8, 4) is 17.6 Å². The highest BCUT2D eigenvalue weighted by atomic mass is 127. The number of benzene rings is 3. The van der Waals surface area contributed by atoms with Crippen molar-refractivity contribution in [2.75, 3.05) is 13.2 Å². The topological polar surface area (TPSA) is 112 Å². The Morgan fingerprint density at radius 3 is 2.56 bits per heavy atom. The molecule has 0 spiro atoms. The van der Waals surface area contributed by atoms with Crippen LogP contribution in [-0.2, 0) is 11.4 Å². The van der Waals surface area contributed by atoms with Crippen LogP contribution in [0.1, 0.15) is 40.9 Å². The second-order valence-corrected chi connectivity index (χ2v) is 10.4. The van der Waals surface area contributed by atoms with Gasteiger partial charge in [0.25, 0.3) is 5.91 Å². The summed E-state index contributed by atoms with van der Waals surface area (Å²) >= 11 is 3.43. The van der Waals surface area contributed by atoms with E-state index in [1.165, 1.54) is 23.9 Å². The molecule has 0 bridgehead atoms. The molecule has 3 aromatic carbocycles. The number of rotatable bonds is 9. The monoisotopic (exact) mass is 653 g/mol. The zero-order valence-corrected chi connectivity index (χ0v) is 24.2. The molecule has 0 saturated carbocycles. The van der Waals surface area contributed by atoms with Crippen molar-refractivity contribution in [1.29, 1.82) is 5.26 Å². The van der Waals surface area contributed by atoms with Crippen LogP contribution in [0.5, 0.6) is 11.5 Å². The fraction of sp³-hybridized carbons (Fsp3) is 0.172. The number of amidine groups is 1. The van der Waals surface area contributed by atoms with E-state index in [-0.39, 0.29) is 18.1 Å². The van der Waals surface area contributed by atoms with Crippen LogP contribution in [0.15, 0.2) is 70.6 Å². The van der Waals surface area contributed by atoms with Crippen molar-refractivity contribution in [1.82, 2.24) is 4.90 Å². The molecule has 8 nitrogen and oxygen atoms in total. The summed E-state index contributed by atoms with van der Waals surface area (Å²) in [5.41, 5.74) is 2.83. The number of amides is 1. The molecule has 1 N–H and O–H groups in total. The second kappa shape index (κ2) is 12.8. The number of ether oxygens (including phenoxy) is 2. The lowest BCUT2D eigenvalue weighted by atomic mass is 10.1. The summed E-state index contributed by atoms with van der Waals surface area (Å²) in [6.07, 6.45) is 1.80. The van der Waals surface area contributed by atoms with Gasteiger partial charge in [0, 0.05) is 12.1 Å². The summed E-state index contributed by atoms with van der Waals surface area (Å²) in [6, 6.07) is 19.4. The zero-order chi connectivity index (χ0) is 27.9. The van der Waals surface area contributed by atoms with Gasteiger partial charge in [-0.3, -0.25) is 9.69 Å². The molecule has 1 heterocycles. The molecule has 10 heteroatoms. The number of halogens is 1. The number of carbonyl (C=O) groups excluding carboxylic acids is 1. The number of hydrogen-bond donors (Lipinski definition) is 1. The number of aliphatic imine (C=N–C) groups is 1. The van der Waals surface area contributed by atoms with Gasteiger partial charge in [-0.25, -0.2) is 9.79 Å². The number of carbonyl (C=O) groups is 2. The first-order valence-corrected chi connectivity index (χ1v) is 13.9. The lowest BCUT2D eigenvalue weighted by Crippen LogP contribution is -2.28. The van der Waals surface area contributed by atoms with Gasteiger partial charge in [-0.2, -0.15) is 5.26 Å². The third-order valence-electron chi connectivity index (χ3n) is 5.68. The van der Waals surface area contributed by atoms with Crippen LogP contribution in [0.4, 0.5) is 5.69 Å². The Balaban J connectivity index is 1.61. The molecule has 0 unspecified atom stereocenters. The molecular formula is C29H24IN3O5S. The smallest absolute Gasteiger partial charge is 0.335 e. The molecule has 1 saturated heterocycles. The predicted molar refractivity (Wildman–Crippen MR) is 159 cm³/mol. The largest absolute Gasteiger partial charge is 0.490 e. The minimum Gasteiger partial charge on any atom is -0.490 e. The van der Waals surface area contributed by atoms with Gasteiger partial charge in [0.1, 0.15) is 6.61 Å². The number of aromatic carboxylic acids is 1. The van der Waals surface area contributed by atoms with Crippen molar-refractivity contribution in [3.05, 3.63) is 91.4 Å². The van der Waals surface area contributed by atoms with Crippen LogP contribution in [-0.4, -0.2) is 40.2 Å². The van der Waals surface area contributed by atoms with Gasteiger partial charge in [0.2, 0.25) is 0 Å². The number of hydrogen-bond acceptors (Lipinski definition) is 7. The summed E-state index contributed by atoms with van der Waals surface area (Å²) in [6.45, 7) is 4.84. The number of thioether (sulfide) groups is 1. The summed E-state index contributed by atoms with van der Waals surface area (Å²) < 4.78 is 12.8. The Bertz CT molecular complexity index is 1510. The fourth-order valence-corrected chi connectivity index (χ4v) is 5.63. The number of carboxylic acid groups (broad SMARTS) is 1. The molecule has 0 aliphatic carbocycles. The van der Waals surface area contributed by atoms with Crippen molar-refractivity contribution in [2.24, 2.45) is 4.99 Å². The zero-order valence-electron chi connectivity index (χ0n) is 21.2. The van der Waals surface area contributed by atoms with Crippen molar-refractivity contribution in [3.63, 3.8) is 0 Å². The minimum absolute atomic E-state index is 0.162. The van der Waals surface area contributed by atoms with E-state index >= 15 is 0 Å². The summed E-state index contributed by atoms with van der Waals surface area (Å²) in [4.78, 5) is 31.0. The maximum atomic E-state index is 13.2. The van der Waals surface area contributed by atoms with E-state index in [4.69, 9.17) is 14.6 Å². The van der Waals surface area contributed by atoms with E-state index in [2.05, 4.69) is 33.7 Å². The van der Waals surface area contributed by atoms with E-state index in [1.807, 2.05) is 44.2 Å². The normalized spacial score (nSPS) is 15.0. The number of carboxylic acids is 1. The lowest BCUT2D eigenvalue weighted by Gasteiger charge is -2.15. The van der Waals surface area contributed by atoms with E-state index in [9.17, 15) is 14.9 Å². The van der Waals surface area contributed by atoms with Crippen molar-refractivity contribution >= 4 is 63.2 Å². The van der Waals surface area contributed by atoms with Gasteiger partial charge in [-0.1, -0.05) is 18.2 Å². The molecule has 4 rings (SSSR count). The number of likely N-dealkylation sites (N-methyl/N-ethyl adjacent to an activating group) is 1. The van der Waals surface area contributed by atoms with Gasteiger partial charge in [-0.05, 0) is 102 Å². The van der Waals surface area contributed by atoms with E-state index in [1.54, 1.807) is 29.2 Å². The quantitative estimate of drug-likeness (QED) is 0.208. The molecule has 3 aromatic rings. The molecule has 198 valence electrons. The molecule has 1 amide bonds. The number of nitrogens with zero attached hydrogens (tertiary/aromatic N) is 3. The Morgan fingerprint density at radius 1 is 1.15 bits per heavy atom. The third-order valence-corrected chi connectivity index (χ3v) is 7.49. The SMILES string of the molecule is CCOc1cc(/C=C2\SC(=Nc3ccc(C(=O)O)cc3)N(CC)C2=O)cc(I)c1OCc1ccccc1C#N. The summed E-state index contributed by atoms with van der Waals surface area (Å²) in [5.74, 6) is -0.0600. The van der Waals surface area contributed by atoms with Crippen LogP contribution in [0.25, 0.3) is 6.08 Å². The van der Waals surface area contributed by atoms with E-state index < -0.39 is 5.97 Å². The van der Waals surface area contributed by atoms with Gasteiger partial charge < -0.3 is 14.6 Å². The van der Waals surface area contributed by atoms with Gasteiger partial charge >= 0.3 is 5.97 Å². The third kappa shape index (κ3) is 6.61. The molecule has 1 aliphatic rings. The predicted octanol–water partition coefficient (Wildman–Crippen LogP) is 6.46. The maximum absolute atomic E-state index is 13.2. The first kappa shape index (κ1) is 28.2. The van der Waals surface area contributed by atoms with Crippen LogP contribution in [0.3, 0.4) is 0 Å². The van der Waals surface area contributed by atoms with Crippen molar-refractivity contribution in [2.45, 2.75) is 20.5 Å². The average molecular weight is 653 g/mol. The Labute approximate surface area is 244 Å². The maximum Gasteiger partial charge on any atom is 0.335 e. The molecule has 0 atom stereocenters. The van der Waals surface area contributed by atoms with Crippen LogP contribution < -0.4 is 9.47 Å². The Hall–Kier alpha value is -3.82. The average Bonchev–Trinajstić information content (AvgIpc) is 3.21. The van der Waals surface area contributed by atoms with E-state index in [0.717, 1.165) is 14.7 Å². The highest BCUT2D eigenvalue weighted by Gasteiger charge is 2.32. The molecule has 39 heavy (non-hydrogen) atoms. The van der Waals surface area contributed by atoms with E-state index in [0.29, 0.717) is 46.0 Å². The van der Waals surface area contributed by atoms with Gasteiger partial charge in [0.15, 0.2) is 16.7 Å². The van der Waals surface area contributed by atoms with Crippen molar-refractivity contribution < 1.29 is 24.2 Å². The van der Waals surface area contributed by atoms with Crippen LogP contribution in [0.2, 0.25) is 0 Å².